The molecule has 0 aliphatic heterocycles. The second-order valence-electron chi connectivity index (χ2n) is 5.49. The van der Waals surface area contributed by atoms with Crippen LogP contribution in [0.4, 0.5) is 0 Å². The summed E-state index contributed by atoms with van der Waals surface area (Å²) >= 11 is 0. The first kappa shape index (κ1) is 20.9. The zero-order valence-corrected chi connectivity index (χ0v) is 14.4. The minimum atomic E-state index is -0.132. The first-order valence-electron chi connectivity index (χ1n) is 7.76. The van der Waals surface area contributed by atoms with Crippen molar-refractivity contribution in [2.24, 2.45) is 11.7 Å². The smallest absolute Gasteiger partial charge is 0.224 e. The third-order valence-corrected chi connectivity index (χ3v) is 3.59. The zero-order valence-electron chi connectivity index (χ0n) is 13.6. The van der Waals surface area contributed by atoms with Gasteiger partial charge in [-0.15, -0.1) is 12.4 Å². The SMILES string of the molecule is CC(N)C(C)C(=O)NCCCCOCCc1ccccc1.Cl. The zero-order chi connectivity index (χ0) is 15.5. The molecule has 4 nitrogen and oxygen atoms in total. The largest absolute Gasteiger partial charge is 0.381 e. The highest BCUT2D eigenvalue weighted by molar-refractivity contribution is 5.85. The van der Waals surface area contributed by atoms with Crippen LogP contribution in [0.1, 0.15) is 32.3 Å². The molecule has 0 aliphatic rings. The van der Waals surface area contributed by atoms with Crippen LogP contribution in [-0.4, -0.2) is 31.7 Å². The summed E-state index contributed by atoms with van der Waals surface area (Å²) < 4.78 is 5.60. The summed E-state index contributed by atoms with van der Waals surface area (Å²) in [6.07, 6.45) is 2.84. The number of benzene rings is 1. The molecule has 1 aromatic rings. The fraction of sp³-hybridized carbons (Fsp3) is 0.588. The van der Waals surface area contributed by atoms with Crippen LogP contribution in [0.3, 0.4) is 0 Å². The van der Waals surface area contributed by atoms with Crippen molar-refractivity contribution >= 4 is 18.3 Å². The first-order chi connectivity index (χ1) is 10.1. The maximum absolute atomic E-state index is 11.7. The van der Waals surface area contributed by atoms with Crippen molar-refractivity contribution in [3.63, 3.8) is 0 Å². The third kappa shape index (κ3) is 9.03. The van der Waals surface area contributed by atoms with Gasteiger partial charge in [0.15, 0.2) is 0 Å². The number of amides is 1. The van der Waals surface area contributed by atoms with E-state index in [0.717, 1.165) is 32.5 Å². The van der Waals surface area contributed by atoms with Gasteiger partial charge < -0.3 is 15.8 Å². The average molecular weight is 329 g/mol. The summed E-state index contributed by atoms with van der Waals surface area (Å²) in [5.74, 6) is -0.0953. The standard InChI is InChI=1S/C17H28N2O2.ClH/c1-14(15(2)18)17(20)19-11-6-7-12-21-13-10-16-8-4-3-5-9-16;/h3-5,8-9,14-15H,6-7,10-13,18H2,1-2H3,(H,19,20);1H. The van der Waals surface area contributed by atoms with Gasteiger partial charge in [0.1, 0.15) is 0 Å². The van der Waals surface area contributed by atoms with Gasteiger partial charge in [-0.2, -0.15) is 0 Å². The number of carbonyl (C=O) groups excluding carboxylic acids is 1. The van der Waals surface area contributed by atoms with Gasteiger partial charge in [0.25, 0.3) is 0 Å². The number of rotatable bonds is 10. The molecule has 0 radical (unpaired) electrons. The lowest BCUT2D eigenvalue weighted by Crippen LogP contribution is -2.38. The van der Waals surface area contributed by atoms with E-state index in [4.69, 9.17) is 10.5 Å². The van der Waals surface area contributed by atoms with Crippen LogP contribution in [0.2, 0.25) is 0 Å². The van der Waals surface area contributed by atoms with Crippen LogP contribution in [0, 0.1) is 5.92 Å². The molecule has 0 saturated carbocycles. The van der Waals surface area contributed by atoms with Crippen molar-refractivity contribution in [3.05, 3.63) is 35.9 Å². The Morgan fingerprint density at radius 3 is 2.50 bits per heavy atom. The van der Waals surface area contributed by atoms with Crippen LogP contribution < -0.4 is 11.1 Å². The van der Waals surface area contributed by atoms with Crippen molar-refractivity contribution in [1.29, 1.82) is 0 Å². The number of hydrogen-bond acceptors (Lipinski definition) is 3. The molecule has 22 heavy (non-hydrogen) atoms. The van der Waals surface area contributed by atoms with Crippen molar-refractivity contribution in [2.75, 3.05) is 19.8 Å². The number of nitrogens with two attached hydrogens (primary N) is 1. The summed E-state index contributed by atoms with van der Waals surface area (Å²) in [4.78, 5) is 11.7. The van der Waals surface area contributed by atoms with Crippen LogP contribution in [0.15, 0.2) is 30.3 Å². The van der Waals surface area contributed by atoms with Crippen molar-refractivity contribution in [2.45, 2.75) is 39.2 Å². The van der Waals surface area contributed by atoms with Gasteiger partial charge in [-0.05, 0) is 31.7 Å². The summed E-state index contributed by atoms with van der Waals surface area (Å²) in [5, 5.41) is 2.91. The molecule has 1 amide bonds. The summed E-state index contributed by atoms with van der Waals surface area (Å²) in [6.45, 7) is 5.89. The van der Waals surface area contributed by atoms with Gasteiger partial charge in [0, 0.05) is 25.1 Å². The minimum absolute atomic E-state index is 0. The Morgan fingerprint density at radius 1 is 1.18 bits per heavy atom. The van der Waals surface area contributed by atoms with Gasteiger partial charge in [0.2, 0.25) is 5.91 Å². The molecule has 1 aromatic carbocycles. The summed E-state index contributed by atoms with van der Waals surface area (Å²) in [5.41, 5.74) is 6.99. The molecule has 2 unspecified atom stereocenters. The molecule has 0 spiro atoms. The van der Waals surface area contributed by atoms with Gasteiger partial charge >= 0.3 is 0 Å². The van der Waals surface area contributed by atoms with E-state index in [0.29, 0.717) is 6.54 Å². The third-order valence-electron chi connectivity index (χ3n) is 3.59. The summed E-state index contributed by atoms with van der Waals surface area (Å²) in [6, 6.07) is 10.2. The van der Waals surface area contributed by atoms with E-state index in [1.54, 1.807) is 0 Å². The van der Waals surface area contributed by atoms with Crippen LogP contribution in [0.25, 0.3) is 0 Å². The highest BCUT2D eigenvalue weighted by Crippen LogP contribution is 2.01. The molecule has 126 valence electrons. The molecule has 5 heteroatoms. The fourth-order valence-corrected chi connectivity index (χ4v) is 1.88. The van der Waals surface area contributed by atoms with Crippen LogP contribution in [-0.2, 0) is 16.0 Å². The minimum Gasteiger partial charge on any atom is -0.381 e. The lowest BCUT2D eigenvalue weighted by atomic mass is 10.0. The second-order valence-corrected chi connectivity index (χ2v) is 5.49. The Hall–Kier alpha value is -1.10. The highest BCUT2D eigenvalue weighted by atomic mass is 35.5. The second kappa shape index (κ2) is 12.4. The molecular weight excluding hydrogens is 300 g/mol. The van der Waals surface area contributed by atoms with E-state index >= 15 is 0 Å². The van der Waals surface area contributed by atoms with E-state index in [1.807, 2.05) is 32.0 Å². The predicted molar refractivity (Wildman–Crippen MR) is 93.3 cm³/mol. The molecular formula is C17H29ClN2O2. The number of unbranched alkanes of at least 4 members (excludes halogenated alkanes) is 1. The number of carbonyl (C=O) groups is 1. The van der Waals surface area contributed by atoms with E-state index in [-0.39, 0.29) is 30.3 Å². The van der Waals surface area contributed by atoms with Crippen molar-refractivity contribution in [3.8, 4) is 0 Å². The molecule has 0 bridgehead atoms. The number of hydrogen-bond donors (Lipinski definition) is 2. The molecule has 3 N–H and O–H groups in total. The lowest BCUT2D eigenvalue weighted by molar-refractivity contribution is -0.124. The first-order valence-corrected chi connectivity index (χ1v) is 7.76. The van der Waals surface area contributed by atoms with Gasteiger partial charge in [-0.1, -0.05) is 37.3 Å². The molecule has 0 heterocycles. The van der Waals surface area contributed by atoms with E-state index in [1.165, 1.54) is 5.56 Å². The predicted octanol–water partition coefficient (Wildman–Crippen LogP) is 2.55. The fourth-order valence-electron chi connectivity index (χ4n) is 1.88. The average Bonchev–Trinajstić information content (AvgIpc) is 2.49. The topological polar surface area (TPSA) is 64.4 Å². The Balaban J connectivity index is 0.00000441. The molecule has 2 atom stereocenters. The molecule has 1 rings (SSSR count). The van der Waals surface area contributed by atoms with Crippen LogP contribution >= 0.6 is 12.4 Å². The van der Waals surface area contributed by atoms with Crippen LogP contribution in [0.5, 0.6) is 0 Å². The quantitative estimate of drug-likeness (QED) is 0.649. The Bertz CT molecular complexity index is 399. The van der Waals surface area contributed by atoms with E-state index in [9.17, 15) is 4.79 Å². The van der Waals surface area contributed by atoms with Crippen molar-refractivity contribution in [1.82, 2.24) is 5.32 Å². The molecule has 0 saturated heterocycles. The number of halogens is 1. The number of nitrogens with one attached hydrogen (secondary N) is 1. The van der Waals surface area contributed by atoms with E-state index in [2.05, 4.69) is 17.4 Å². The van der Waals surface area contributed by atoms with E-state index < -0.39 is 0 Å². The van der Waals surface area contributed by atoms with Crippen molar-refractivity contribution < 1.29 is 9.53 Å². The highest BCUT2D eigenvalue weighted by Gasteiger charge is 2.15. The normalized spacial score (nSPS) is 13.0. The van der Waals surface area contributed by atoms with Gasteiger partial charge in [0.05, 0.1) is 6.61 Å². The molecule has 0 aliphatic carbocycles. The molecule has 0 aromatic heterocycles. The molecule has 0 fully saturated rings. The Kier molecular flexibility index (Phi) is 11.8. The van der Waals surface area contributed by atoms with Gasteiger partial charge in [-0.25, -0.2) is 0 Å². The number of ether oxygens (including phenoxy) is 1. The Labute approximate surface area is 140 Å². The Morgan fingerprint density at radius 2 is 1.86 bits per heavy atom. The lowest BCUT2D eigenvalue weighted by Gasteiger charge is -2.15. The van der Waals surface area contributed by atoms with Gasteiger partial charge in [-0.3, -0.25) is 4.79 Å². The maximum Gasteiger partial charge on any atom is 0.224 e. The monoisotopic (exact) mass is 328 g/mol. The summed E-state index contributed by atoms with van der Waals surface area (Å²) in [7, 11) is 0. The maximum atomic E-state index is 11.7.